The monoisotopic (exact) mass is 451 g/mol. The van der Waals surface area contributed by atoms with Crippen molar-refractivity contribution in [1.82, 2.24) is 14.8 Å². The van der Waals surface area contributed by atoms with Crippen molar-refractivity contribution < 1.29 is 14.2 Å². The van der Waals surface area contributed by atoms with E-state index in [1.165, 1.54) is 0 Å². The Morgan fingerprint density at radius 3 is 2.73 bits per heavy atom. The van der Waals surface area contributed by atoms with Crippen molar-refractivity contribution in [3.63, 3.8) is 0 Å². The molecule has 1 aliphatic rings. The van der Waals surface area contributed by atoms with Crippen molar-refractivity contribution in [3.8, 4) is 11.5 Å². The molecule has 176 valence electrons. The normalized spacial score (nSPS) is 16.8. The van der Waals surface area contributed by atoms with E-state index in [0.29, 0.717) is 38.7 Å². The molecule has 1 aromatic heterocycles. The van der Waals surface area contributed by atoms with Gasteiger partial charge in [-0.25, -0.2) is 0 Å². The van der Waals surface area contributed by atoms with E-state index in [1.807, 2.05) is 66.1 Å². The van der Waals surface area contributed by atoms with Crippen molar-refractivity contribution >= 4 is 10.9 Å². The maximum absolute atomic E-state index is 13.5. The molecule has 1 N–H and O–H groups in total. The van der Waals surface area contributed by atoms with Crippen molar-refractivity contribution in [1.29, 1.82) is 0 Å². The Labute approximate surface area is 194 Å². The Hall–Kier alpha value is -2.71. The molecule has 3 aromatic rings. The average molecular weight is 452 g/mol. The highest BCUT2D eigenvalue weighted by atomic mass is 16.5. The molecule has 0 aliphatic carbocycles. The Bertz CT molecular complexity index is 1100. The molecule has 1 fully saturated rings. The van der Waals surface area contributed by atoms with E-state index in [1.54, 1.807) is 7.11 Å². The number of piperazine rings is 1. The molecule has 1 aliphatic heterocycles. The number of ether oxygens (including phenoxy) is 3. The predicted octanol–water partition coefficient (Wildman–Crippen LogP) is 3.25. The van der Waals surface area contributed by atoms with Gasteiger partial charge < -0.3 is 24.1 Å². The molecule has 2 aromatic carbocycles. The smallest absolute Gasteiger partial charge is 0.255 e. The molecule has 1 unspecified atom stereocenters. The maximum Gasteiger partial charge on any atom is 0.255 e. The molecule has 0 amide bonds. The summed E-state index contributed by atoms with van der Waals surface area (Å²) in [5.41, 5.74) is 1.68. The minimum absolute atomic E-state index is 0.0286. The van der Waals surface area contributed by atoms with Crippen LogP contribution in [-0.4, -0.2) is 62.1 Å². The molecule has 1 atom stereocenters. The maximum atomic E-state index is 13.5. The second-order valence-electron chi connectivity index (χ2n) is 8.30. The molecule has 1 saturated heterocycles. The quantitative estimate of drug-likeness (QED) is 0.478. The van der Waals surface area contributed by atoms with E-state index in [0.717, 1.165) is 41.9 Å². The lowest BCUT2D eigenvalue weighted by Gasteiger charge is -2.33. The third kappa shape index (κ3) is 6.00. The van der Waals surface area contributed by atoms with Gasteiger partial charge in [-0.1, -0.05) is 18.2 Å². The van der Waals surface area contributed by atoms with Crippen LogP contribution in [0.2, 0.25) is 0 Å². The topological polar surface area (TPSA) is 65.0 Å². The summed E-state index contributed by atoms with van der Waals surface area (Å²) in [5, 5.41) is 4.49. The number of nitrogens with one attached hydrogen (secondary N) is 1. The summed E-state index contributed by atoms with van der Waals surface area (Å²) >= 11 is 0. The van der Waals surface area contributed by atoms with E-state index in [9.17, 15) is 4.79 Å². The molecule has 0 radical (unpaired) electrons. The zero-order chi connectivity index (χ0) is 23.0. The fourth-order valence-corrected chi connectivity index (χ4v) is 4.33. The highest BCUT2D eigenvalue weighted by Crippen LogP contribution is 2.26. The summed E-state index contributed by atoms with van der Waals surface area (Å²) in [7, 11) is 1.72. The van der Waals surface area contributed by atoms with Gasteiger partial charge in [0.1, 0.15) is 11.5 Å². The fraction of sp³-hybridized carbons (Fsp3) is 0.423. The number of para-hydroxylation sites is 1. The van der Waals surface area contributed by atoms with Gasteiger partial charge >= 0.3 is 0 Å². The number of methoxy groups -OCH3 is 1. The Morgan fingerprint density at radius 1 is 1.09 bits per heavy atom. The number of benzene rings is 2. The van der Waals surface area contributed by atoms with Crippen LogP contribution in [0.3, 0.4) is 0 Å². The van der Waals surface area contributed by atoms with Gasteiger partial charge in [0.25, 0.3) is 5.56 Å². The summed E-state index contributed by atoms with van der Waals surface area (Å²) in [5.74, 6) is 1.47. The second kappa shape index (κ2) is 11.4. The van der Waals surface area contributed by atoms with Gasteiger partial charge in [-0.3, -0.25) is 9.69 Å². The van der Waals surface area contributed by atoms with Crippen LogP contribution in [0.5, 0.6) is 11.5 Å². The molecular formula is C26H33N3O4. The van der Waals surface area contributed by atoms with Crippen LogP contribution < -0.4 is 15.6 Å². The summed E-state index contributed by atoms with van der Waals surface area (Å²) in [6, 6.07) is 17.9. The Kier molecular flexibility index (Phi) is 8.12. The lowest BCUT2D eigenvalue weighted by atomic mass is 10.1. The third-order valence-electron chi connectivity index (χ3n) is 5.89. The van der Waals surface area contributed by atoms with Crippen molar-refractivity contribution in [2.45, 2.75) is 26.1 Å². The van der Waals surface area contributed by atoms with Crippen molar-refractivity contribution in [2.75, 3.05) is 46.6 Å². The second-order valence-corrected chi connectivity index (χ2v) is 8.30. The van der Waals surface area contributed by atoms with Gasteiger partial charge in [0, 0.05) is 64.1 Å². The number of hydrogen-bond acceptors (Lipinski definition) is 6. The number of fused-ring (bicyclic) bond motifs is 1. The van der Waals surface area contributed by atoms with E-state index in [2.05, 4.69) is 10.2 Å². The van der Waals surface area contributed by atoms with Crippen LogP contribution in [0.4, 0.5) is 0 Å². The first kappa shape index (κ1) is 23.4. The largest absolute Gasteiger partial charge is 0.457 e. The van der Waals surface area contributed by atoms with Gasteiger partial charge in [0.05, 0.1) is 18.7 Å². The van der Waals surface area contributed by atoms with Crippen molar-refractivity contribution in [2.24, 2.45) is 0 Å². The number of pyridine rings is 1. The number of nitrogens with zero attached hydrogens (tertiary/aromatic N) is 2. The SMILES string of the molecule is CCOCCn1c(=O)c(CN2CCNC(COC)C2)cc2ccc(Oc3ccccc3)cc21. The molecule has 0 bridgehead atoms. The van der Waals surface area contributed by atoms with Crippen LogP contribution in [0.15, 0.2) is 59.4 Å². The van der Waals surface area contributed by atoms with Crippen LogP contribution >= 0.6 is 0 Å². The standard InChI is InChI=1S/C26H33N3O4/c1-3-32-14-13-29-25-16-24(33-23-7-5-4-6-8-23)10-9-20(25)15-21(26(29)30)17-28-12-11-27-22(18-28)19-31-2/h4-10,15-16,22,27H,3,11-14,17-19H2,1-2H3. The Balaban J connectivity index is 1.64. The molecule has 0 spiro atoms. The number of rotatable bonds is 10. The van der Waals surface area contributed by atoms with Gasteiger partial charge in [0.2, 0.25) is 0 Å². The molecular weight excluding hydrogens is 418 g/mol. The first-order valence-electron chi connectivity index (χ1n) is 11.6. The van der Waals surface area contributed by atoms with E-state index < -0.39 is 0 Å². The molecule has 2 heterocycles. The Morgan fingerprint density at radius 2 is 1.94 bits per heavy atom. The summed E-state index contributed by atoms with van der Waals surface area (Å²) in [6.07, 6.45) is 0. The van der Waals surface area contributed by atoms with Crippen LogP contribution in [0.1, 0.15) is 12.5 Å². The third-order valence-corrected chi connectivity index (χ3v) is 5.89. The minimum Gasteiger partial charge on any atom is -0.457 e. The van der Waals surface area contributed by atoms with Gasteiger partial charge in [-0.15, -0.1) is 0 Å². The van der Waals surface area contributed by atoms with Crippen LogP contribution in [-0.2, 0) is 22.6 Å². The lowest BCUT2D eigenvalue weighted by Crippen LogP contribution is -2.52. The zero-order valence-corrected chi connectivity index (χ0v) is 19.5. The average Bonchev–Trinajstić information content (AvgIpc) is 2.83. The summed E-state index contributed by atoms with van der Waals surface area (Å²) in [4.78, 5) is 15.8. The van der Waals surface area contributed by atoms with E-state index in [-0.39, 0.29) is 11.6 Å². The number of hydrogen-bond donors (Lipinski definition) is 1. The van der Waals surface area contributed by atoms with E-state index >= 15 is 0 Å². The molecule has 7 nitrogen and oxygen atoms in total. The minimum atomic E-state index is 0.0286. The molecule has 0 saturated carbocycles. The van der Waals surface area contributed by atoms with Gasteiger partial charge in [-0.2, -0.15) is 0 Å². The zero-order valence-electron chi connectivity index (χ0n) is 19.5. The van der Waals surface area contributed by atoms with E-state index in [4.69, 9.17) is 14.2 Å². The van der Waals surface area contributed by atoms with Crippen molar-refractivity contribution in [3.05, 3.63) is 70.5 Å². The molecule has 4 rings (SSSR count). The highest BCUT2D eigenvalue weighted by molar-refractivity contribution is 5.81. The predicted molar refractivity (Wildman–Crippen MR) is 130 cm³/mol. The van der Waals surface area contributed by atoms with Gasteiger partial charge in [0.15, 0.2) is 0 Å². The van der Waals surface area contributed by atoms with Gasteiger partial charge in [-0.05, 0) is 42.6 Å². The first-order chi connectivity index (χ1) is 16.2. The first-order valence-corrected chi connectivity index (χ1v) is 11.6. The van der Waals surface area contributed by atoms with Crippen LogP contribution in [0, 0.1) is 0 Å². The highest BCUT2D eigenvalue weighted by Gasteiger charge is 2.21. The van der Waals surface area contributed by atoms with Crippen LogP contribution in [0.25, 0.3) is 10.9 Å². The summed E-state index contributed by atoms with van der Waals surface area (Å²) < 4.78 is 18.7. The molecule has 7 heteroatoms. The lowest BCUT2D eigenvalue weighted by molar-refractivity contribution is 0.112. The molecule has 33 heavy (non-hydrogen) atoms. The number of aromatic nitrogens is 1. The summed E-state index contributed by atoms with van der Waals surface area (Å²) in [6.45, 7) is 7.50. The fourth-order valence-electron chi connectivity index (χ4n) is 4.33.